The summed E-state index contributed by atoms with van der Waals surface area (Å²) in [6.45, 7) is 9.03. The van der Waals surface area contributed by atoms with Gasteiger partial charge in [-0.3, -0.25) is 0 Å². The summed E-state index contributed by atoms with van der Waals surface area (Å²) >= 11 is 0. The first kappa shape index (κ1) is 33.4. The molecule has 0 radical (unpaired) electrons. The molecule has 43 heavy (non-hydrogen) atoms. The zero-order chi connectivity index (χ0) is 31.2. The number of rotatable bonds is 17. The van der Waals surface area contributed by atoms with Gasteiger partial charge in [-0.2, -0.15) is 0 Å². The second-order valence-electron chi connectivity index (χ2n) is 10.7. The molecule has 6 nitrogen and oxygen atoms in total. The molecule has 6 heteroatoms. The molecule has 0 heterocycles. The summed E-state index contributed by atoms with van der Waals surface area (Å²) in [4.78, 5) is 0. The summed E-state index contributed by atoms with van der Waals surface area (Å²) in [5.41, 5.74) is 4.08. The highest BCUT2D eigenvalue weighted by Gasteiger charge is 2.17. The van der Waals surface area contributed by atoms with E-state index in [0.717, 1.165) is 35.1 Å². The second kappa shape index (κ2) is 17.2. The largest absolute Gasteiger partial charge is 0.493 e. The van der Waals surface area contributed by atoms with Gasteiger partial charge in [-0.1, -0.05) is 81.7 Å². The van der Waals surface area contributed by atoms with Crippen molar-refractivity contribution in [3.63, 3.8) is 0 Å². The van der Waals surface area contributed by atoms with Crippen LogP contribution < -0.4 is 28.4 Å². The molecule has 3 aromatic rings. The van der Waals surface area contributed by atoms with Gasteiger partial charge in [-0.15, -0.1) is 0 Å². The van der Waals surface area contributed by atoms with Crippen molar-refractivity contribution in [3.8, 4) is 34.5 Å². The fourth-order valence-corrected chi connectivity index (χ4v) is 4.69. The first-order valence-electron chi connectivity index (χ1n) is 15.1. The smallest absolute Gasteiger partial charge is 0.203 e. The van der Waals surface area contributed by atoms with Crippen LogP contribution in [-0.4, -0.2) is 41.2 Å². The summed E-state index contributed by atoms with van der Waals surface area (Å²) in [6, 6.07) is 16.2. The number of ether oxygens (including phenoxy) is 6. The third kappa shape index (κ3) is 9.74. The average molecular weight is 589 g/mol. The minimum absolute atomic E-state index is 0.00738. The van der Waals surface area contributed by atoms with E-state index in [1.54, 1.807) is 28.4 Å². The van der Waals surface area contributed by atoms with Crippen molar-refractivity contribution in [2.24, 2.45) is 5.92 Å². The fourth-order valence-electron chi connectivity index (χ4n) is 4.69. The van der Waals surface area contributed by atoms with Crippen LogP contribution in [0.5, 0.6) is 34.5 Å². The molecule has 0 amide bonds. The van der Waals surface area contributed by atoms with E-state index in [4.69, 9.17) is 28.4 Å². The standard InChI is InChI=1S/C37H48O6/c1-9-11-12-27(10-2)25-42-36-32(38-5)21-30(22-33(36)39-6)19-17-28-13-15-29(16-14-28)18-20-31-23-34(40-7)37(43-26(3)4)35(24-31)41-8/h13-24,26-27H,9-12,25H2,1-8H3/b19-17+,20-18+. The lowest BCUT2D eigenvalue weighted by atomic mass is 10.0. The molecule has 0 saturated carbocycles. The molecule has 1 unspecified atom stereocenters. The molecule has 232 valence electrons. The van der Waals surface area contributed by atoms with Crippen molar-refractivity contribution in [1.82, 2.24) is 0 Å². The van der Waals surface area contributed by atoms with Crippen molar-refractivity contribution >= 4 is 24.3 Å². The second-order valence-corrected chi connectivity index (χ2v) is 10.7. The van der Waals surface area contributed by atoms with E-state index in [1.165, 1.54) is 12.8 Å². The Morgan fingerprint density at radius 1 is 0.605 bits per heavy atom. The van der Waals surface area contributed by atoms with Gasteiger partial charge in [0.05, 0.1) is 41.2 Å². The SMILES string of the molecule is CCCCC(CC)COc1c(OC)cc(/C=C/c2ccc(/C=C/c3cc(OC)c(OC(C)C)c(OC)c3)cc2)cc1OC. The van der Waals surface area contributed by atoms with Gasteiger partial charge in [0.1, 0.15) is 0 Å². The number of unbranched alkanes of at least 4 members (excludes halogenated alkanes) is 1. The third-order valence-corrected chi connectivity index (χ3v) is 7.20. The van der Waals surface area contributed by atoms with Crippen molar-refractivity contribution in [1.29, 1.82) is 0 Å². The first-order valence-corrected chi connectivity index (χ1v) is 15.1. The predicted molar refractivity (Wildman–Crippen MR) is 178 cm³/mol. The lowest BCUT2D eigenvalue weighted by Crippen LogP contribution is -2.12. The van der Waals surface area contributed by atoms with Gasteiger partial charge in [0.25, 0.3) is 0 Å². The molecule has 0 N–H and O–H groups in total. The third-order valence-electron chi connectivity index (χ3n) is 7.20. The Balaban J connectivity index is 1.73. The minimum atomic E-state index is 0.00738. The molecule has 0 aliphatic rings. The number of hydrogen-bond acceptors (Lipinski definition) is 6. The van der Waals surface area contributed by atoms with E-state index < -0.39 is 0 Å². The van der Waals surface area contributed by atoms with Crippen LogP contribution in [0.1, 0.15) is 75.6 Å². The molecule has 0 aliphatic carbocycles. The molecule has 3 rings (SSSR count). The Bertz CT molecular complexity index is 1290. The zero-order valence-electron chi connectivity index (χ0n) is 27.1. The average Bonchev–Trinajstić information content (AvgIpc) is 3.03. The van der Waals surface area contributed by atoms with E-state index in [9.17, 15) is 0 Å². The van der Waals surface area contributed by atoms with Crippen LogP contribution in [0.2, 0.25) is 0 Å². The molecule has 0 saturated heterocycles. The Morgan fingerprint density at radius 2 is 1.02 bits per heavy atom. The van der Waals surface area contributed by atoms with Crippen molar-refractivity contribution in [3.05, 3.63) is 70.8 Å². The molecule has 0 fully saturated rings. The molecule has 3 aromatic carbocycles. The number of hydrogen-bond donors (Lipinski definition) is 0. The molecule has 0 bridgehead atoms. The normalized spacial score (nSPS) is 12.1. The van der Waals surface area contributed by atoms with Crippen LogP contribution in [0.3, 0.4) is 0 Å². The highest BCUT2D eigenvalue weighted by molar-refractivity contribution is 5.75. The topological polar surface area (TPSA) is 55.4 Å². The van der Waals surface area contributed by atoms with Gasteiger partial charge >= 0.3 is 0 Å². The van der Waals surface area contributed by atoms with E-state index in [2.05, 4.69) is 56.3 Å². The summed E-state index contributed by atoms with van der Waals surface area (Å²) in [6.07, 6.45) is 12.9. The van der Waals surface area contributed by atoms with E-state index >= 15 is 0 Å². The van der Waals surface area contributed by atoms with Crippen LogP contribution in [-0.2, 0) is 0 Å². The van der Waals surface area contributed by atoms with Crippen LogP contribution in [0.25, 0.3) is 24.3 Å². The number of methoxy groups -OCH3 is 4. The number of benzene rings is 3. The Labute approximate surface area is 258 Å². The maximum atomic E-state index is 6.23. The highest BCUT2D eigenvalue weighted by Crippen LogP contribution is 2.41. The van der Waals surface area contributed by atoms with Gasteiger partial charge < -0.3 is 28.4 Å². The first-order chi connectivity index (χ1) is 20.8. The van der Waals surface area contributed by atoms with E-state index in [1.807, 2.05) is 44.2 Å². The predicted octanol–water partition coefficient (Wildman–Crippen LogP) is 9.44. The molecular weight excluding hydrogens is 540 g/mol. The Kier molecular flexibility index (Phi) is 13.3. The fraction of sp³-hybridized carbons (Fsp3) is 0.405. The lowest BCUT2D eigenvalue weighted by molar-refractivity contribution is 0.215. The molecule has 0 aromatic heterocycles. The minimum Gasteiger partial charge on any atom is -0.493 e. The van der Waals surface area contributed by atoms with Crippen LogP contribution in [0.4, 0.5) is 0 Å². The highest BCUT2D eigenvalue weighted by atomic mass is 16.5. The van der Waals surface area contributed by atoms with Gasteiger partial charge in [0, 0.05) is 0 Å². The Hall–Kier alpha value is -4.06. The summed E-state index contributed by atoms with van der Waals surface area (Å²) in [5.74, 6) is 4.39. The van der Waals surface area contributed by atoms with Gasteiger partial charge in [-0.05, 0) is 72.7 Å². The maximum Gasteiger partial charge on any atom is 0.203 e. The molecule has 1 atom stereocenters. The summed E-state index contributed by atoms with van der Waals surface area (Å²) < 4.78 is 34.7. The maximum absolute atomic E-state index is 6.23. The van der Waals surface area contributed by atoms with Gasteiger partial charge in [0.15, 0.2) is 23.0 Å². The molecule has 0 spiro atoms. The summed E-state index contributed by atoms with van der Waals surface area (Å²) in [7, 11) is 6.59. The summed E-state index contributed by atoms with van der Waals surface area (Å²) in [5, 5.41) is 0. The van der Waals surface area contributed by atoms with Crippen LogP contribution in [0.15, 0.2) is 48.5 Å². The Morgan fingerprint density at radius 3 is 1.40 bits per heavy atom. The molecular formula is C37H48O6. The molecule has 0 aliphatic heterocycles. The monoisotopic (exact) mass is 588 g/mol. The lowest BCUT2D eigenvalue weighted by Gasteiger charge is -2.19. The van der Waals surface area contributed by atoms with Crippen LogP contribution in [0, 0.1) is 5.92 Å². The van der Waals surface area contributed by atoms with E-state index in [-0.39, 0.29) is 6.10 Å². The van der Waals surface area contributed by atoms with E-state index in [0.29, 0.717) is 47.0 Å². The van der Waals surface area contributed by atoms with Crippen molar-refractivity contribution in [2.75, 3.05) is 35.0 Å². The van der Waals surface area contributed by atoms with Gasteiger partial charge in [0.2, 0.25) is 11.5 Å². The van der Waals surface area contributed by atoms with Crippen LogP contribution >= 0.6 is 0 Å². The van der Waals surface area contributed by atoms with Gasteiger partial charge in [-0.25, -0.2) is 0 Å². The zero-order valence-corrected chi connectivity index (χ0v) is 27.1. The van der Waals surface area contributed by atoms with Crippen molar-refractivity contribution < 1.29 is 28.4 Å². The quantitative estimate of drug-likeness (QED) is 0.146. The van der Waals surface area contributed by atoms with Crippen molar-refractivity contribution in [2.45, 2.75) is 59.5 Å².